The summed E-state index contributed by atoms with van der Waals surface area (Å²) in [7, 11) is 0. The molecule has 0 saturated carbocycles. The molecule has 0 spiro atoms. The van der Waals surface area contributed by atoms with E-state index < -0.39 is 5.97 Å². The minimum absolute atomic E-state index is 0.0263. The van der Waals surface area contributed by atoms with Crippen LogP contribution in [0.3, 0.4) is 0 Å². The van der Waals surface area contributed by atoms with E-state index in [4.69, 9.17) is 0 Å². The van der Waals surface area contributed by atoms with E-state index in [1.165, 1.54) is 0 Å². The molecule has 4 rings (SSSR count). The van der Waals surface area contributed by atoms with Gasteiger partial charge in [-0.2, -0.15) is 0 Å². The molecule has 0 aliphatic heterocycles. The topological polar surface area (TPSA) is 55.1 Å². The molecule has 0 aliphatic carbocycles. The van der Waals surface area contributed by atoms with Crippen LogP contribution in [0.5, 0.6) is 0 Å². The highest BCUT2D eigenvalue weighted by molar-refractivity contribution is 7.12. The summed E-state index contributed by atoms with van der Waals surface area (Å²) in [5.74, 6) is -0.743. The Labute approximate surface area is 155 Å². The van der Waals surface area contributed by atoms with Gasteiger partial charge in [0.25, 0.3) is 0 Å². The Balaban J connectivity index is 1.88. The fourth-order valence-corrected chi connectivity index (χ4v) is 4.06. The Morgan fingerprint density at radius 1 is 1.12 bits per heavy atom. The van der Waals surface area contributed by atoms with Crippen LogP contribution in [0.25, 0.3) is 16.0 Å². The van der Waals surface area contributed by atoms with Gasteiger partial charge in [0, 0.05) is 35.5 Å². The number of hydrogen-bond acceptors (Lipinski definition) is 3. The van der Waals surface area contributed by atoms with Crippen molar-refractivity contribution >= 4 is 28.2 Å². The lowest BCUT2D eigenvalue weighted by molar-refractivity contribution is -0.137. The molecule has 2 aromatic carbocycles. The van der Waals surface area contributed by atoms with Crippen molar-refractivity contribution in [2.75, 3.05) is 0 Å². The molecule has 5 heteroatoms. The number of aliphatic carboxylic acids is 1. The first-order valence-electron chi connectivity index (χ1n) is 8.50. The normalized spacial score (nSPS) is 12.3. The quantitative estimate of drug-likeness (QED) is 0.520. The lowest BCUT2D eigenvalue weighted by atomic mass is 9.87. The number of thiazole rings is 1. The first-order chi connectivity index (χ1) is 12.7. The zero-order valence-electron chi connectivity index (χ0n) is 14.1. The molecule has 4 aromatic rings. The average Bonchev–Trinajstić information content (AvgIpc) is 3.31. The summed E-state index contributed by atoms with van der Waals surface area (Å²) >= 11 is 1.59. The van der Waals surface area contributed by atoms with Gasteiger partial charge in [0.1, 0.15) is 0 Å². The molecule has 0 fully saturated rings. The van der Waals surface area contributed by atoms with Crippen molar-refractivity contribution in [2.24, 2.45) is 0 Å². The molecule has 26 heavy (non-hydrogen) atoms. The summed E-state index contributed by atoms with van der Waals surface area (Å²) in [4.78, 5) is 15.7. The Morgan fingerprint density at radius 2 is 1.88 bits per heavy atom. The molecular formula is C21H18N2O2S. The molecule has 0 aliphatic rings. The van der Waals surface area contributed by atoms with E-state index in [0.717, 1.165) is 27.2 Å². The Kier molecular flexibility index (Phi) is 4.54. The van der Waals surface area contributed by atoms with Gasteiger partial charge in [-0.3, -0.25) is 9.36 Å². The number of carboxylic acid groups (broad SMARTS) is 1. The third kappa shape index (κ3) is 3.13. The summed E-state index contributed by atoms with van der Waals surface area (Å²) in [6, 6.07) is 18.4. The van der Waals surface area contributed by atoms with Gasteiger partial charge in [-0.1, -0.05) is 48.5 Å². The molecule has 2 heterocycles. The molecule has 0 saturated heterocycles. The van der Waals surface area contributed by atoms with Crippen molar-refractivity contribution in [1.29, 1.82) is 0 Å². The van der Waals surface area contributed by atoms with Crippen molar-refractivity contribution < 1.29 is 9.90 Å². The maximum atomic E-state index is 11.2. The van der Waals surface area contributed by atoms with E-state index in [1.54, 1.807) is 17.5 Å². The van der Waals surface area contributed by atoms with Gasteiger partial charge in [0.2, 0.25) is 0 Å². The maximum Gasteiger partial charge on any atom is 0.303 e. The number of carboxylic acids is 1. The molecular weight excluding hydrogens is 344 g/mol. The van der Waals surface area contributed by atoms with Crippen LogP contribution in [-0.2, 0) is 4.79 Å². The van der Waals surface area contributed by atoms with Crippen molar-refractivity contribution in [3.8, 4) is 5.13 Å². The number of hydrogen-bond donors (Lipinski definition) is 1. The van der Waals surface area contributed by atoms with Crippen LogP contribution in [0, 0.1) is 0 Å². The predicted molar refractivity (Wildman–Crippen MR) is 104 cm³/mol. The Hall–Kier alpha value is -2.92. The van der Waals surface area contributed by atoms with E-state index in [-0.39, 0.29) is 12.3 Å². The Morgan fingerprint density at radius 3 is 2.62 bits per heavy atom. The molecule has 0 radical (unpaired) electrons. The third-order valence-corrected chi connectivity index (χ3v) is 5.36. The van der Waals surface area contributed by atoms with Crippen molar-refractivity contribution in [1.82, 2.24) is 9.55 Å². The van der Waals surface area contributed by atoms with Crippen LogP contribution in [0.4, 0.5) is 0 Å². The molecule has 0 bridgehead atoms. The van der Waals surface area contributed by atoms with Crippen LogP contribution in [0.2, 0.25) is 0 Å². The molecule has 0 amide bonds. The van der Waals surface area contributed by atoms with Crippen LogP contribution in [-0.4, -0.2) is 20.6 Å². The van der Waals surface area contributed by atoms with Gasteiger partial charge >= 0.3 is 5.97 Å². The molecule has 1 atom stereocenters. The van der Waals surface area contributed by atoms with Gasteiger partial charge in [-0.05, 0) is 23.6 Å². The largest absolute Gasteiger partial charge is 0.481 e. The molecule has 130 valence electrons. The van der Waals surface area contributed by atoms with E-state index in [1.807, 2.05) is 35.7 Å². The van der Waals surface area contributed by atoms with Crippen LogP contribution >= 0.6 is 11.3 Å². The SMILES string of the molecule is O=C(O)CCC(c1ccccc1)c1cn(-c2nccs2)c2ccccc12. The second kappa shape index (κ2) is 7.14. The van der Waals surface area contributed by atoms with Crippen molar-refractivity contribution in [3.05, 3.63) is 83.5 Å². The smallest absolute Gasteiger partial charge is 0.303 e. The zero-order valence-corrected chi connectivity index (χ0v) is 14.9. The minimum Gasteiger partial charge on any atom is -0.481 e. The summed E-state index contributed by atoms with van der Waals surface area (Å²) in [6.45, 7) is 0. The van der Waals surface area contributed by atoms with Crippen LogP contribution in [0.15, 0.2) is 72.4 Å². The van der Waals surface area contributed by atoms with E-state index in [9.17, 15) is 9.90 Å². The van der Waals surface area contributed by atoms with Gasteiger partial charge in [0.05, 0.1) is 5.52 Å². The minimum atomic E-state index is -0.769. The summed E-state index contributed by atoms with van der Waals surface area (Å²) in [5, 5.41) is 13.2. The first kappa shape index (κ1) is 16.5. The van der Waals surface area contributed by atoms with Gasteiger partial charge in [-0.15, -0.1) is 11.3 Å². The number of fused-ring (bicyclic) bond motifs is 1. The van der Waals surface area contributed by atoms with Crippen LogP contribution in [0.1, 0.15) is 29.9 Å². The number of nitrogens with zero attached hydrogens (tertiary/aromatic N) is 2. The monoisotopic (exact) mass is 362 g/mol. The van der Waals surface area contributed by atoms with Gasteiger partial charge in [0.15, 0.2) is 5.13 Å². The fourth-order valence-electron chi connectivity index (χ4n) is 3.43. The highest BCUT2D eigenvalue weighted by atomic mass is 32.1. The number of benzene rings is 2. The highest BCUT2D eigenvalue weighted by Gasteiger charge is 2.21. The van der Waals surface area contributed by atoms with Crippen LogP contribution < -0.4 is 0 Å². The number of para-hydroxylation sites is 1. The first-order valence-corrected chi connectivity index (χ1v) is 9.38. The summed E-state index contributed by atoms with van der Waals surface area (Å²) in [6.07, 6.45) is 4.61. The molecule has 4 nitrogen and oxygen atoms in total. The molecule has 1 N–H and O–H groups in total. The zero-order chi connectivity index (χ0) is 17.9. The fraction of sp³-hybridized carbons (Fsp3) is 0.143. The molecule has 1 unspecified atom stereocenters. The lowest BCUT2D eigenvalue weighted by Gasteiger charge is -2.16. The van der Waals surface area contributed by atoms with E-state index in [0.29, 0.717) is 6.42 Å². The number of aromatic nitrogens is 2. The van der Waals surface area contributed by atoms with Gasteiger partial charge in [-0.25, -0.2) is 4.98 Å². The van der Waals surface area contributed by atoms with E-state index >= 15 is 0 Å². The highest BCUT2D eigenvalue weighted by Crippen LogP contribution is 2.36. The van der Waals surface area contributed by atoms with Gasteiger partial charge < -0.3 is 5.11 Å². The number of carbonyl (C=O) groups is 1. The van der Waals surface area contributed by atoms with Crippen molar-refractivity contribution in [2.45, 2.75) is 18.8 Å². The number of rotatable bonds is 6. The summed E-state index contributed by atoms with van der Waals surface area (Å²) < 4.78 is 2.10. The maximum absolute atomic E-state index is 11.2. The average molecular weight is 362 g/mol. The second-order valence-electron chi connectivity index (χ2n) is 6.18. The predicted octanol–water partition coefficient (Wildman–Crippen LogP) is 5.08. The third-order valence-electron chi connectivity index (χ3n) is 4.59. The second-order valence-corrected chi connectivity index (χ2v) is 7.05. The van der Waals surface area contributed by atoms with Crippen molar-refractivity contribution in [3.63, 3.8) is 0 Å². The Bertz CT molecular complexity index is 1020. The lowest BCUT2D eigenvalue weighted by Crippen LogP contribution is -2.05. The summed E-state index contributed by atoms with van der Waals surface area (Å²) in [5.41, 5.74) is 3.37. The molecule has 2 aromatic heterocycles. The standard InChI is InChI=1S/C21H18N2O2S/c24-20(25)11-10-16(15-6-2-1-3-7-15)18-14-23(21-22-12-13-26-21)19-9-5-4-8-17(18)19/h1-9,12-14,16H,10-11H2,(H,24,25). The van der Waals surface area contributed by atoms with E-state index in [2.05, 4.69) is 40.0 Å².